The molecule has 0 radical (unpaired) electrons. The van der Waals surface area contributed by atoms with Gasteiger partial charge in [-0.05, 0) is 78.6 Å². The Kier molecular flexibility index (Phi) is 12.4. The third kappa shape index (κ3) is 10.5. The van der Waals surface area contributed by atoms with Gasteiger partial charge < -0.3 is 31.2 Å². The third-order valence-electron chi connectivity index (χ3n) is 7.97. The Bertz CT molecular complexity index is 1990. The molecule has 0 unspecified atom stereocenters. The first-order chi connectivity index (χ1) is 24.4. The number of hydrogen-bond donors (Lipinski definition) is 6. The van der Waals surface area contributed by atoms with Crippen molar-refractivity contribution >= 4 is 55.4 Å². The number of para-hydroxylation sites is 2. The Morgan fingerprint density at radius 1 is 0.717 bits per heavy atom. The van der Waals surface area contributed by atoms with E-state index in [0.717, 1.165) is 0 Å². The second kappa shape index (κ2) is 15.5. The molecule has 0 bridgehead atoms. The van der Waals surface area contributed by atoms with E-state index in [4.69, 9.17) is 15.2 Å². The molecule has 4 amide bonds. The summed E-state index contributed by atoms with van der Waals surface area (Å²) in [4.78, 5) is 49.3. The Balaban J connectivity index is 0.000000286. The Labute approximate surface area is 310 Å². The number of hydrogen-bond acceptors (Lipinski definition) is 12. The minimum atomic E-state index is -4.19. The van der Waals surface area contributed by atoms with E-state index >= 15 is 0 Å². The molecule has 18 heteroatoms. The van der Waals surface area contributed by atoms with Gasteiger partial charge in [-0.3, -0.25) is 9.59 Å². The molecule has 53 heavy (non-hydrogen) atoms. The van der Waals surface area contributed by atoms with Crippen molar-refractivity contribution in [2.24, 2.45) is 11.8 Å². The van der Waals surface area contributed by atoms with E-state index in [0.29, 0.717) is 5.69 Å². The number of nitrogens with one attached hydrogen (secondary N) is 5. The lowest BCUT2D eigenvalue weighted by atomic mass is 10.2. The lowest BCUT2D eigenvalue weighted by Crippen LogP contribution is -2.52. The van der Waals surface area contributed by atoms with Crippen LogP contribution in [-0.2, 0) is 39.1 Å². The second-order valence-corrected chi connectivity index (χ2v) is 17.7. The predicted octanol–water partition coefficient (Wildman–Crippen LogP) is 3.55. The molecule has 2 saturated carbocycles. The molecule has 16 nitrogen and oxygen atoms in total. The van der Waals surface area contributed by atoms with Crippen molar-refractivity contribution < 1.29 is 45.5 Å². The zero-order chi connectivity index (χ0) is 40.2. The van der Waals surface area contributed by atoms with Crippen molar-refractivity contribution in [1.82, 2.24) is 20.1 Å². The molecule has 0 aromatic heterocycles. The van der Waals surface area contributed by atoms with E-state index in [9.17, 15) is 36.0 Å². The first-order valence-corrected chi connectivity index (χ1v) is 19.4. The van der Waals surface area contributed by atoms with Crippen LogP contribution in [0.15, 0.2) is 83.6 Å². The van der Waals surface area contributed by atoms with Crippen LogP contribution in [0.5, 0.6) is 0 Å². The van der Waals surface area contributed by atoms with Gasteiger partial charge >= 0.3 is 12.2 Å². The molecule has 0 heterocycles. The fourth-order valence-electron chi connectivity index (χ4n) is 5.21. The summed E-state index contributed by atoms with van der Waals surface area (Å²) in [6, 6.07) is 12.0. The van der Waals surface area contributed by atoms with Crippen molar-refractivity contribution in [2.75, 3.05) is 18.1 Å². The summed E-state index contributed by atoms with van der Waals surface area (Å²) < 4.78 is 64.6. The van der Waals surface area contributed by atoms with Gasteiger partial charge in [-0.25, -0.2) is 35.9 Å². The fourth-order valence-corrected chi connectivity index (χ4v) is 7.63. The molecule has 7 N–H and O–H groups in total. The summed E-state index contributed by atoms with van der Waals surface area (Å²) in [5.41, 5.74) is 1.71. The number of anilines is 2. The molecule has 2 aliphatic carbocycles. The average Bonchev–Trinajstić information content (AvgIpc) is 3.93. The smallest absolute Gasteiger partial charge is 0.408 e. The molecule has 4 rings (SSSR count). The van der Waals surface area contributed by atoms with Crippen molar-refractivity contribution in [3.05, 3.63) is 73.8 Å². The molecule has 290 valence electrons. The summed E-state index contributed by atoms with van der Waals surface area (Å²) in [6.07, 6.45) is 1.85. The van der Waals surface area contributed by atoms with Crippen molar-refractivity contribution in [3.8, 4) is 0 Å². The number of nitrogens with two attached hydrogens (primary N) is 1. The lowest BCUT2D eigenvalue weighted by Gasteiger charge is -2.23. The number of sulfonamides is 2. The van der Waals surface area contributed by atoms with Gasteiger partial charge in [0.15, 0.2) is 0 Å². The molecule has 2 aromatic rings. The normalized spacial score (nSPS) is 21.9. The fraction of sp³-hybridized carbons (Fsp3) is 0.429. The third-order valence-corrected chi connectivity index (χ3v) is 10.8. The van der Waals surface area contributed by atoms with Crippen LogP contribution >= 0.6 is 0 Å². The van der Waals surface area contributed by atoms with E-state index in [2.05, 4.69) is 33.8 Å². The van der Waals surface area contributed by atoms with Gasteiger partial charge in [0, 0.05) is 18.9 Å². The standard InChI is InChI=1S/C18H25N3O5S.C17H23N3O5S/c1-6-12-11-18(12,20-16(23)26-17(2,3)4)15(22)21-27(24,25)14-10-8-7-9-13(14)19-5;1-5-11-10-17(11,19-15(22)25-16(2,3)4)14(21)20-26(23,24)13-9-7-6-8-12(13)18/h6-10,12,19H,1,11H2,2-5H3,(H,20,23)(H,21,22);5-9,11H,1,10,18H2,2-4H3,(H,19,22)(H,20,21)/t12-,18-;11-,17-/m11/s1. The average molecular weight is 777 g/mol. The van der Waals surface area contributed by atoms with Gasteiger partial charge in [-0.1, -0.05) is 36.4 Å². The van der Waals surface area contributed by atoms with Crippen molar-refractivity contribution in [3.63, 3.8) is 0 Å². The highest BCUT2D eigenvalue weighted by molar-refractivity contribution is 7.90. The number of carbonyl (C=O) groups excluding carboxylic acids is 4. The molecular weight excluding hydrogens is 729 g/mol. The SMILES string of the molecule is C=C[C@@H]1C[C@]1(NC(=O)OC(C)(C)C)C(=O)NS(=O)(=O)c1ccccc1N.C=C[C@@H]1C[C@]1(NC(=O)OC(C)(C)C)C(=O)NS(=O)(=O)c1ccccc1NC. The Hall–Kier alpha value is -5.10. The zero-order valence-electron chi connectivity index (χ0n) is 30.7. The molecule has 4 atom stereocenters. The summed E-state index contributed by atoms with van der Waals surface area (Å²) in [7, 11) is -6.74. The number of carbonyl (C=O) groups is 4. The highest BCUT2D eigenvalue weighted by Gasteiger charge is 2.62. The largest absolute Gasteiger partial charge is 0.444 e. The van der Waals surface area contributed by atoms with Crippen LogP contribution in [0.1, 0.15) is 54.4 Å². The maximum Gasteiger partial charge on any atom is 0.408 e. The van der Waals surface area contributed by atoms with E-state index in [-0.39, 0.29) is 34.2 Å². The van der Waals surface area contributed by atoms with Crippen LogP contribution in [0.4, 0.5) is 21.0 Å². The van der Waals surface area contributed by atoms with Gasteiger partial charge in [0.25, 0.3) is 31.9 Å². The summed E-state index contributed by atoms with van der Waals surface area (Å²) in [5, 5.41) is 7.75. The topological polar surface area (TPSA) is 241 Å². The number of benzene rings is 2. The van der Waals surface area contributed by atoms with Crippen LogP contribution in [0.25, 0.3) is 0 Å². The molecular formula is C35H48N6O10S2. The van der Waals surface area contributed by atoms with Crippen molar-refractivity contribution in [2.45, 2.75) is 86.5 Å². The van der Waals surface area contributed by atoms with Crippen LogP contribution in [0, 0.1) is 11.8 Å². The monoisotopic (exact) mass is 776 g/mol. The zero-order valence-corrected chi connectivity index (χ0v) is 32.4. The summed E-state index contributed by atoms with van der Waals surface area (Å²) >= 11 is 0. The molecule has 0 saturated heterocycles. The lowest BCUT2D eigenvalue weighted by molar-refractivity contribution is -0.123. The number of ether oxygens (including phenoxy) is 2. The van der Waals surface area contributed by atoms with Crippen LogP contribution in [-0.4, -0.2) is 70.2 Å². The van der Waals surface area contributed by atoms with Crippen molar-refractivity contribution in [1.29, 1.82) is 0 Å². The number of alkyl carbamates (subject to hydrolysis) is 2. The minimum Gasteiger partial charge on any atom is -0.444 e. The van der Waals surface area contributed by atoms with E-state index < -0.39 is 72.2 Å². The maximum atomic E-state index is 12.8. The van der Waals surface area contributed by atoms with Crippen LogP contribution in [0.2, 0.25) is 0 Å². The molecule has 2 fully saturated rings. The molecule has 2 aliphatic rings. The van der Waals surface area contributed by atoms with Gasteiger partial charge in [0.05, 0.1) is 11.4 Å². The first-order valence-electron chi connectivity index (χ1n) is 16.4. The van der Waals surface area contributed by atoms with Gasteiger partial charge in [-0.2, -0.15) is 0 Å². The predicted molar refractivity (Wildman–Crippen MR) is 198 cm³/mol. The van der Waals surface area contributed by atoms with Gasteiger partial charge in [-0.15, -0.1) is 13.2 Å². The Morgan fingerprint density at radius 3 is 1.45 bits per heavy atom. The first kappa shape index (κ1) is 42.3. The van der Waals surface area contributed by atoms with Gasteiger partial charge in [0.2, 0.25) is 0 Å². The highest BCUT2D eigenvalue weighted by Crippen LogP contribution is 2.46. The Morgan fingerprint density at radius 2 is 1.09 bits per heavy atom. The summed E-state index contributed by atoms with van der Waals surface area (Å²) in [5.74, 6) is -2.49. The number of amides is 4. The van der Waals surface area contributed by atoms with Crippen LogP contribution in [0.3, 0.4) is 0 Å². The van der Waals surface area contributed by atoms with E-state index in [1.165, 1.54) is 36.4 Å². The molecule has 0 spiro atoms. The van der Waals surface area contributed by atoms with E-state index in [1.54, 1.807) is 72.9 Å². The second-order valence-electron chi connectivity index (χ2n) is 14.4. The van der Waals surface area contributed by atoms with Gasteiger partial charge in [0.1, 0.15) is 32.1 Å². The highest BCUT2D eigenvalue weighted by atomic mass is 32.2. The maximum absolute atomic E-state index is 12.8. The van der Waals surface area contributed by atoms with E-state index in [1.807, 2.05) is 4.72 Å². The number of rotatable bonds is 11. The summed E-state index contributed by atoms with van der Waals surface area (Å²) in [6.45, 7) is 17.4. The molecule has 2 aromatic carbocycles. The molecule has 0 aliphatic heterocycles. The van der Waals surface area contributed by atoms with Crippen LogP contribution < -0.4 is 31.1 Å². The minimum absolute atomic E-state index is 0.0121. The quantitative estimate of drug-likeness (QED) is 0.142. The number of nitrogen functional groups attached to an aromatic ring is 1.